The number of carbonyl (C=O) groups is 2. The van der Waals surface area contributed by atoms with Crippen LogP contribution in [0.1, 0.15) is 30.1 Å². The van der Waals surface area contributed by atoms with Gasteiger partial charge in [0.1, 0.15) is 18.1 Å². The number of rotatable bonds is 6. The Bertz CT molecular complexity index is 787. The molecule has 2 amide bonds. The van der Waals surface area contributed by atoms with Gasteiger partial charge in [-0.2, -0.15) is 0 Å². The lowest BCUT2D eigenvalue weighted by molar-refractivity contribution is -0.131. The average molecular weight is 356 g/mol. The average Bonchev–Trinajstić information content (AvgIpc) is 3.09. The van der Waals surface area contributed by atoms with Gasteiger partial charge < -0.3 is 19.9 Å². The maximum Gasteiger partial charge on any atom is 0.237 e. The van der Waals surface area contributed by atoms with Gasteiger partial charge in [-0.3, -0.25) is 9.59 Å². The number of aromatic nitrogens is 2. The molecule has 1 aromatic carbocycles. The van der Waals surface area contributed by atoms with Crippen molar-refractivity contribution < 1.29 is 14.3 Å². The molecule has 1 aromatic heterocycles. The van der Waals surface area contributed by atoms with Crippen molar-refractivity contribution in [2.75, 3.05) is 20.2 Å². The Balaban J connectivity index is 1.69. The summed E-state index contributed by atoms with van der Waals surface area (Å²) in [5, 5.41) is 0. The molecule has 26 heavy (non-hydrogen) atoms. The van der Waals surface area contributed by atoms with Gasteiger partial charge in [-0.25, -0.2) is 4.98 Å². The fourth-order valence-corrected chi connectivity index (χ4v) is 3.52. The van der Waals surface area contributed by atoms with Crippen LogP contribution in [0.2, 0.25) is 0 Å². The molecule has 7 nitrogen and oxygen atoms in total. The number of carbonyl (C=O) groups excluding carboxylic acids is 2. The molecular weight excluding hydrogens is 332 g/mol. The number of benzene rings is 1. The second kappa shape index (κ2) is 8.03. The van der Waals surface area contributed by atoms with Crippen LogP contribution in [0.25, 0.3) is 0 Å². The van der Waals surface area contributed by atoms with Crippen molar-refractivity contribution in [3.63, 3.8) is 0 Å². The predicted molar refractivity (Wildman–Crippen MR) is 96.7 cm³/mol. The third-order valence-electron chi connectivity index (χ3n) is 4.75. The highest BCUT2D eigenvalue weighted by molar-refractivity contribution is 5.79. The van der Waals surface area contributed by atoms with Crippen molar-refractivity contribution in [3.8, 4) is 5.75 Å². The van der Waals surface area contributed by atoms with Crippen LogP contribution in [0.5, 0.6) is 5.75 Å². The van der Waals surface area contributed by atoms with E-state index in [0.29, 0.717) is 13.0 Å². The number of amides is 2. The first-order chi connectivity index (χ1) is 12.6. The largest absolute Gasteiger partial charge is 0.496 e. The summed E-state index contributed by atoms with van der Waals surface area (Å²) >= 11 is 0. The summed E-state index contributed by atoms with van der Waals surface area (Å²) in [7, 11) is 1.61. The first-order valence-corrected chi connectivity index (χ1v) is 8.77. The van der Waals surface area contributed by atoms with Gasteiger partial charge in [0, 0.05) is 37.0 Å². The highest BCUT2D eigenvalue weighted by Gasteiger charge is 2.28. The zero-order valence-corrected chi connectivity index (χ0v) is 14.9. The second-order valence-corrected chi connectivity index (χ2v) is 6.55. The van der Waals surface area contributed by atoms with Gasteiger partial charge in [0.15, 0.2) is 0 Å². The lowest BCUT2D eigenvalue weighted by atomic mass is 9.96. The molecule has 1 atom stereocenters. The first kappa shape index (κ1) is 18.0. The molecule has 2 heterocycles. The number of nitrogens with two attached hydrogens (primary N) is 1. The van der Waals surface area contributed by atoms with Crippen LogP contribution in [-0.2, 0) is 22.6 Å². The van der Waals surface area contributed by atoms with Gasteiger partial charge in [0.25, 0.3) is 0 Å². The van der Waals surface area contributed by atoms with Crippen molar-refractivity contribution in [3.05, 3.63) is 48.0 Å². The molecule has 2 aromatic rings. The third kappa shape index (κ3) is 4.04. The Hall–Kier alpha value is -2.83. The Morgan fingerprint density at radius 2 is 2.15 bits per heavy atom. The highest BCUT2D eigenvalue weighted by atomic mass is 16.5. The Morgan fingerprint density at radius 1 is 1.35 bits per heavy atom. The molecule has 0 spiro atoms. The Morgan fingerprint density at radius 3 is 2.92 bits per heavy atom. The van der Waals surface area contributed by atoms with E-state index in [9.17, 15) is 9.59 Å². The van der Waals surface area contributed by atoms with E-state index in [1.807, 2.05) is 29.2 Å². The van der Waals surface area contributed by atoms with Gasteiger partial charge in [-0.05, 0) is 18.9 Å². The van der Waals surface area contributed by atoms with Crippen molar-refractivity contribution in [1.29, 1.82) is 0 Å². The molecule has 1 aliphatic rings. The smallest absolute Gasteiger partial charge is 0.237 e. The van der Waals surface area contributed by atoms with Gasteiger partial charge in [-0.1, -0.05) is 18.2 Å². The number of hydrogen-bond acceptors (Lipinski definition) is 4. The molecule has 0 aliphatic carbocycles. The standard InChI is InChI=1S/C19H24N4O3/c1-26-16-7-3-2-5-14(16)11-18(25)22-9-4-6-15(12-22)19-21-8-10-23(19)13-17(20)24/h2-3,5,7-8,10,15H,4,6,9,11-13H2,1H3,(H2,20,24)/t15-/m0/s1. The number of likely N-dealkylation sites (tertiary alicyclic amines) is 1. The molecule has 1 aliphatic heterocycles. The van der Waals surface area contributed by atoms with Gasteiger partial charge in [0.05, 0.1) is 13.5 Å². The summed E-state index contributed by atoms with van der Waals surface area (Å²) in [4.78, 5) is 30.3. The van der Waals surface area contributed by atoms with Gasteiger partial charge in [0.2, 0.25) is 11.8 Å². The minimum absolute atomic E-state index is 0.0761. The van der Waals surface area contributed by atoms with Crippen LogP contribution in [0, 0.1) is 0 Å². The molecule has 1 fully saturated rings. The van der Waals surface area contributed by atoms with Crippen molar-refractivity contribution in [2.24, 2.45) is 5.73 Å². The molecule has 7 heteroatoms. The molecular formula is C19H24N4O3. The fourth-order valence-electron chi connectivity index (χ4n) is 3.52. The van der Waals surface area contributed by atoms with E-state index in [4.69, 9.17) is 10.5 Å². The minimum Gasteiger partial charge on any atom is -0.496 e. The van der Waals surface area contributed by atoms with Crippen molar-refractivity contribution >= 4 is 11.8 Å². The van der Waals surface area contributed by atoms with E-state index >= 15 is 0 Å². The first-order valence-electron chi connectivity index (χ1n) is 8.77. The summed E-state index contributed by atoms with van der Waals surface area (Å²) in [6, 6.07) is 7.58. The molecule has 0 bridgehead atoms. The molecule has 138 valence electrons. The zero-order chi connectivity index (χ0) is 18.5. The van der Waals surface area contributed by atoms with E-state index in [-0.39, 0.29) is 18.4 Å². The summed E-state index contributed by atoms with van der Waals surface area (Å²) in [5.74, 6) is 1.33. The molecule has 1 saturated heterocycles. The number of methoxy groups -OCH3 is 1. The number of imidazole rings is 1. The van der Waals surface area contributed by atoms with E-state index in [2.05, 4.69) is 4.98 Å². The molecule has 0 unspecified atom stereocenters. The van der Waals surface area contributed by atoms with Crippen molar-refractivity contribution in [1.82, 2.24) is 14.5 Å². The van der Waals surface area contributed by atoms with E-state index in [1.165, 1.54) is 0 Å². The Kier molecular flexibility index (Phi) is 5.55. The lowest BCUT2D eigenvalue weighted by Crippen LogP contribution is -2.40. The van der Waals surface area contributed by atoms with Crippen LogP contribution in [-0.4, -0.2) is 46.5 Å². The van der Waals surface area contributed by atoms with Gasteiger partial charge >= 0.3 is 0 Å². The van der Waals surface area contributed by atoms with Crippen molar-refractivity contribution in [2.45, 2.75) is 31.7 Å². The minimum atomic E-state index is -0.399. The van der Waals surface area contributed by atoms with Crippen LogP contribution in [0.15, 0.2) is 36.7 Å². The SMILES string of the molecule is COc1ccccc1CC(=O)N1CCC[C@H](c2nccn2CC(N)=O)C1. The number of ether oxygens (including phenoxy) is 1. The summed E-state index contributed by atoms with van der Waals surface area (Å²) in [5.41, 5.74) is 6.19. The summed E-state index contributed by atoms with van der Waals surface area (Å²) in [6.45, 7) is 1.45. The zero-order valence-electron chi connectivity index (χ0n) is 14.9. The second-order valence-electron chi connectivity index (χ2n) is 6.55. The number of nitrogens with zero attached hydrogens (tertiary/aromatic N) is 3. The van der Waals surface area contributed by atoms with Crippen LogP contribution >= 0.6 is 0 Å². The van der Waals surface area contributed by atoms with Gasteiger partial charge in [-0.15, -0.1) is 0 Å². The molecule has 0 saturated carbocycles. The monoisotopic (exact) mass is 356 g/mol. The number of hydrogen-bond donors (Lipinski definition) is 1. The molecule has 0 radical (unpaired) electrons. The van der Waals surface area contributed by atoms with E-state index in [1.54, 1.807) is 24.1 Å². The normalized spacial score (nSPS) is 17.1. The summed E-state index contributed by atoms with van der Waals surface area (Å²) < 4.78 is 7.12. The fraction of sp³-hybridized carbons (Fsp3) is 0.421. The third-order valence-corrected chi connectivity index (χ3v) is 4.75. The van der Waals surface area contributed by atoms with E-state index in [0.717, 1.165) is 36.5 Å². The molecule has 2 N–H and O–H groups in total. The number of piperidine rings is 1. The maximum absolute atomic E-state index is 12.8. The van der Waals surface area contributed by atoms with Crippen LogP contribution in [0.4, 0.5) is 0 Å². The Labute approximate surface area is 152 Å². The summed E-state index contributed by atoms with van der Waals surface area (Å²) in [6.07, 6.45) is 5.59. The predicted octanol–water partition coefficient (Wildman–Crippen LogP) is 1.33. The highest BCUT2D eigenvalue weighted by Crippen LogP contribution is 2.27. The van der Waals surface area contributed by atoms with E-state index < -0.39 is 5.91 Å². The van der Waals surface area contributed by atoms with Crippen LogP contribution < -0.4 is 10.5 Å². The maximum atomic E-state index is 12.8. The van der Waals surface area contributed by atoms with Crippen LogP contribution in [0.3, 0.4) is 0 Å². The number of para-hydroxylation sites is 1. The number of primary amides is 1. The molecule has 3 rings (SSSR count). The topological polar surface area (TPSA) is 90.4 Å². The quantitative estimate of drug-likeness (QED) is 0.845. The lowest BCUT2D eigenvalue weighted by Gasteiger charge is -2.33.